The van der Waals surface area contributed by atoms with Crippen molar-refractivity contribution in [2.75, 3.05) is 34.4 Å². The van der Waals surface area contributed by atoms with E-state index in [1.807, 2.05) is 12.1 Å². The van der Waals surface area contributed by atoms with Gasteiger partial charge in [-0.2, -0.15) is 0 Å². The van der Waals surface area contributed by atoms with Gasteiger partial charge in [0.05, 0.1) is 31.9 Å². The summed E-state index contributed by atoms with van der Waals surface area (Å²) in [6.07, 6.45) is 0.0859. The smallest absolute Gasteiger partial charge is 0.319 e. The molecular weight excluding hydrogens is 598 g/mol. The van der Waals surface area contributed by atoms with Gasteiger partial charge in [0.2, 0.25) is 5.78 Å². The van der Waals surface area contributed by atoms with Crippen LogP contribution in [0.4, 0.5) is 0 Å². The summed E-state index contributed by atoms with van der Waals surface area (Å²) in [5.41, 5.74) is 4.07. The number of benzene rings is 2. The Bertz CT molecular complexity index is 1710. The zero-order chi connectivity index (χ0) is 33.7. The number of carbonyl (C=O) groups excluding carboxylic acids is 4. The molecule has 1 saturated carbocycles. The van der Waals surface area contributed by atoms with E-state index in [0.29, 0.717) is 29.0 Å². The van der Waals surface area contributed by atoms with E-state index in [-0.39, 0.29) is 48.8 Å². The third-order valence-electron chi connectivity index (χ3n) is 9.06. The molecule has 3 aliphatic rings. The average molecular weight is 636 g/mol. The monoisotopic (exact) mass is 635 g/mol. The predicted molar refractivity (Wildman–Crippen MR) is 165 cm³/mol. The number of nitrogens with zero attached hydrogens (tertiary/aromatic N) is 1. The molecule has 7 N–H and O–H groups in total. The van der Waals surface area contributed by atoms with Gasteiger partial charge in [0.25, 0.3) is 5.91 Å². The molecule has 0 unspecified atom stereocenters. The van der Waals surface area contributed by atoms with Gasteiger partial charge in [-0.1, -0.05) is 12.1 Å². The Morgan fingerprint density at radius 3 is 2.46 bits per heavy atom. The first-order chi connectivity index (χ1) is 21.8. The zero-order valence-electron chi connectivity index (χ0n) is 25.9. The number of hydrogen-bond acceptors (Lipinski definition) is 12. The number of aliphatic hydroxyl groups is 3. The first kappa shape index (κ1) is 32.7. The van der Waals surface area contributed by atoms with Crippen LogP contribution in [0.25, 0.3) is 16.9 Å². The number of carbonyl (C=O) groups is 4. The highest BCUT2D eigenvalue weighted by Crippen LogP contribution is 2.54. The lowest BCUT2D eigenvalue weighted by Crippen LogP contribution is -2.65. The van der Waals surface area contributed by atoms with E-state index in [9.17, 15) is 39.6 Å². The number of phenolic OH excluding ortho intramolecular Hbond substituents is 1. The third-order valence-corrected chi connectivity index (χ3v) is 9.06. The molecule has 0 spiro atoms. The quantitative estimate of drug-likeness (QED) is 0.170. The van der Waals surface area contributed by atoms with Crippen LogP contribution in [-0.2, 0) is 36.9 Å². The maximum atomic E-state index is 14.1. The van der Waals surface area contributed by atoms with Crippen LogP contribution in [0, 0.1) is 11.8 Å². The van der Waals surface area contributed by atoms with E-state index in [2.05, 4.69) is 5.32 Å². The Balaban J connectivity index is 1.63. The van der Waals surface area contributed by atoms with Crippen LogP contribution in [0.3, 0.4) is 0 Å². The van der Waals surface area contributed by atoms with Crippen LogP contribution < -0.4 is 15.8 Å². The van der Waals surface area contributed by atoms with Crippen molar-refractivity contribution in [1.29, 1.82) is 0 Å². The number of ether oxygens (including phenoxy) is 2. The van der Waals surface area contributed by atoms with Crippen LogP contribution in [-0.4, -0.2) is 94.8 Å². The van der Waals surface area contributed by atoms with E-state index in [4.69, 9.17) is 15.2 Å². The number of primary amides is 1. The third kappa shape index (κ3) is 5.10. The Kier molecular flexibility index (Phi) is 8.69. The molecule has 0 aliphatic heterocycles. The van der Waals surface area contributed by atoms with Crippen LogP contribution in [0.2, 0.25) is 0 Å². The van der Waals surface area contributed by atoms with Gasteiger partial charge in [0.1, 0.15) is 28.6 Å². The van der Waals surface area contributed by atoms with Gasteiger partial charge < -0.3 is 41.0 Å². The van der Waals surface area contributed by atoms with Gasteiger partial charge in [-0.25, -0.2) is 0 Å². The average Bonchev–Trinajstić information content (AvgIpc) is 2.99. The van der Waals surface area contributed by atoms with E-state index < -0.39 is 58.0 Å². The standard InChI is InChI=1S/C33H37N3O10/c1-5-46-23(38)14-35-13-15-6-9-22(45-4)18(10-15)17-7-8-21(37)25-19(17)11-16-12-20-27(36(2)3)29(40)26(32(34)43)31(42)33(20,44)30(41)24(16)28(25)39/h6-10,16,20,27,35,37,39,42,44H,5,11-14H2,1-4H3,(H2,34,43)/t16-,20-,27-,33-/m1/s1. The molecule has 5 rings (SSSR count). The molecule has 0 heterocycles. The van der Waals surface area contributed by atoms with E-state index in [1.165, 1.54) is 18.1 Å². The lowest BCUT2D eigenvalue weighted by molar-refractivity contribution is -0.153. The fourth-order valence-corrected chi connectivity index (χ4v) is 7.09. The lowest BCUT2D eigenvalue weighted by Gasteiger charge is -2.50. The van der Waals surface area contributed by atoms with Crippen molar-refractivity contribution in [3.63, 3.8) is 0 Å². The molecule has 2 aromatic carbocycles. The number of fused-ring (bicyclic) bond motifs is 3. The van der Waals surface area contributed by atoms with Crippen molar-refractivity contribution in [3.8, 4) is 22.6 Å². The fourth-order valence-electron chi connectivity index (χ4n) is 7.09. The summed E-state index contributed by atoms with van der Waals surface area (Å²) in [4.78, 5) is 52.9. The number of methoxy groups -OCH3 is 1. The van der Waals surface area contributed by atoms with E-state index in [1.54, 1.807) is 33.2 Å². The SMILES string of the molecule is CCOC(=O)CNCc1ccc(OC)c(-c2ccc(O)c3c2C[C@@H]2C[C@@H]4[C@@H](N(C)C)C(=O)C(C(N)=O)=C(O)[C@]4(O)C(=O)C2=C3O)c1. The maximum absolute atomic E-state index is 14.1. The zero-order valence-corrected chi connectivity index (χ0v) is 25.9. The minimum absolute atomic E-state index is 0.0105. The molecule has 0 radical (unpaired) electrons. The predicted octanol–water partition coefficient (Wildman–Crippen LogP) is 1.29. The van der Waals surface area contributed by atoms with Gasteiger partial charge in [0.15, 0.2) is 11.4 Å². The number of esters is 1. The summed E-state index contributed by atoms with van der Waals surface area (Å²) in [5, 5.41) is 48.4. The number of aliphatic hydroxyl groups excluding tert-OH is 2. The number of Topliss-reactive ketones (excluding diaryl/α,β-unsaturated/α-hetero) is 2. The molecule has 46 heavy (non-hydrogen) atoms. The molecule has 0 bridgehead atoms. The first-order valence-corrected chi connectivity index (χ1v) is 14.8. The number of likely N-dealkylation sites (N-methyl/N-ethyl adjacent to an activating group) is 1. The first-order valence-electron chi connectivity index (χ1n) is 14.8. The second-order valence-electron chi connectivity index (χ2n) is 11.9. The summed E-state index contributed by atoms with van der Waals surface area (Å²) in [6.45, 7) is 2.33. The van der Waals surface area contributed by atoms with Crippen molar-refractivity contribution in [2.24, 2.45) is 17.6 Å². The summed E-state index contributed by atoms with van der Waals surface area (Å²) in [5.74, 6) is -7.05. The molecule has 244 valence electrons. The number of nitrogens with one attached hydrogen (secondary N) is 1. The topological polar surface area (TPSA) is 209 Å². The Labute approximate surface area is 264 Å². The number of amides is 1. The minimum atomic E-state index is -2.72. The second-order valence-corrected chi connectivity index (χ2v) is 11.9. The maximum Gasteiger partial charge on any atom is 0.319 e. The lowest BCUT2D eigenvalue weighted by atomic mass is 9.57. The van der Waals surface area contributed by atoms with Gasteiger partial charge in [-0.3, -0.25) is 24.1 Å². The molecular formula is C33H37N3O10. The normalized spacial score (nSPS) is 24.0. The van der Waals surface area contributed by atoms with Crippen LogP contribution in [0.15, 0.2) is 47.2 Å². The molecule has 0 aromatic heterocycles. The Hall–Kier alpha value is -4.72. The Morgan fingerprint density at radius 1 is 1.11 bits per heavy atom. The summed E-state index contributed by atoms with van der Waals surface area (Å²) >= 11 is 0. The number of ketones is 2. The van der Waals surface area contributed by atoms with Gasteiger partial charge in [-0.05, 0) is 74.7 Å². The fraction of sp³-hybridized carbons (Fsp3) is 0.394. The number of hydrogen-bond donors (Lipinski definition) is 6. The van der Waals surface area contributed by atoms with Gasteiger partial charge in [0, 0.05) is 23.6 Å². The molecule has 1 fully saturated rings. The van der Waals surface area contributed by atoms with Crippen molar-refractivity contribution in [3.05, 3.63) is 63.9 Å². The molecule has 1 amide bonds. The highest BCUT2D eigenvalue weighted by molar-refractivity contribution is 6.24. The van der Waals surface area contributed by atoms with Crippen molar-refractivity contribution < 1.29 is 49.1 Å². The summed E-state index contributed by atoms with van der Waals surface area (Å²) < 4.78 is 10.6. The van der Waals surface area contributed by atoms with E-state index >= 15 is 0 Å². The molecule has 0 saturated heterocycles. The highest BCUT2D eigenvalue weighted by Gasteiger charge is 2.64. The van der Waals surface area contributed by atoms with Crippen molar-refractivity contribution in [2.45, 2.75) is 38.0 Å². The number of aromatic hydroxyl groups is 1. The summed E-state index contributed by atoms with van der Waals surface area (Å²) in [6, 6.07) is 7.28. The van der Waals surface area contributed by atoms with Gasteiger partial charge >= 0.3 is 5.97 Å². The molecule has 13 heteroatoms. The molecule has 3 aliphatic carbocycles. The molecule has 4 atom stereocenters. The molecule has 13 nitrogen and oxygen atoms in total. The molecule has 2 aromatic rings. The van der Waals surface area contributed by atoms with E-state index in [0.717, 1.165) is 5.56 Å². The number of rotatable bonds is 9. The second kappa shape index (κ2) is 12.2. The Morgan fingerprint density at radius 2 is 1.83 bits per heavy atom. The minimum Gasteiger partial charge on any atom is -0.508 e. The van der Waals surface area contributed by atoms with Gasteiger partial charge in [-0.15, -0.1) is 0 Å². The summed E-state index contributed by atoms with van der Waals surface area (Å²) in [7, 11) is 4.59. The van der Waals surface area contributed by atoms with Crippen molar-refractivity contribution in [1.82, 2.24) is 10.2 Å². The number of phenols is 1. The highest BCUT2D eigenvalue weighted by atomic mass is 16.5. The van der Waals surface area contributed by atoms with Crippen molar-refractivity contribution >= 4 is 29.2 Å². The largest absolute Gasteiger partial charge is 0.508 e. The van der Waals surface area contributed by atoms with Crippen LogP contribution >= 0.6 is 0 Å². The number of nitrogens with two attached hydrogens (primary N) is 1. The van der Waals surface area contributed by atoms with Crippen LogP contribution in [0.5, 0.6) is 11.5 Å². The van der Waals surface area contributed by atoms with Crippen LogP contribution in [0.1, 0.15) is 30.0 Å².